The van der Waals surface area contributed by atoms with E-state index in [4.69, 9.17) is 10.5 Å². The molecule has 3 aliphatic rings. The summed E-state index contributed by atoms with van der Waals surface area (Å²) >= 11 is 3.40. The van der Waals surface area contributed by atoms with Gasteiger partial charge in [-0.25, -0.2) is 0 Å². The largest absolute Gasteiger partial charge is 0.383 e. The SMILES string of the molecule is COCCN1C(=O)[C@@H]2[C@H](CC(N)=O)N[C@]3(C(=O)Nc4ccc(Br)cc43)[C@H]2C1=O. The number of nitrogens with two attached hydrogens (primary N) is 1. The molecule has 28 heavy (non-hydrogen) atoms. The van der Waals surface area contributed by atoms with Crippen LogP contribution in [0.2, 0.25) is 0 Å². The summed E-state index contributed by atoms with van der Waals surface area (Å²) in [6.07, 6.45) is -0.156. The fourth-order valence-corrected chi connectivity index (χ4v) is 4.99. The second-order valence-corrected chi connectivity index (χ2v) is 8.11. The third-order valence-corrected chi connectivity index (χ3v) is 6.20. The molecule has 1 aromatic rings. The lowest BCUT2D eigenvalue weighted by atomic mass is 9.76. The summed E-state index contributed by atoms with van der Waals surface area (Å²) in [6.45, 7) is 0.277. The van der Waals surface area contributed by atoms with Gasteiger partial charge in [-0.3, -0.25) is 29.4 Å². The summed E-state index contributed by atoms with van der Waals surface area (Å²) in [5.74, 6) is -3.72. The number of likely N-dealkylation sites (tertiary alicyclic amines) is 1. The Morgan fingerprint density at radius 3 is 2.75 bits per heavy atom. The van der Waals surface area contributed by atoms with Gasteiger partial charge in [-0.15, -0.1) is 0 Å². The van der Waals surface area contributed by atoms with E-state index in [1.807, 2.05) is 0 Å². The molecule has 0 saturated carbocycles. The van der Waals surface area contributed by atoms with E-state index in [0.717, 1.165) is 9.37 Å². The number of carbonyl (C=O) groups excluding carboxylic acids is 4. The molecule has 3 heterocycles. The van der Waals surface area contributed by atoms with Gasteiger partial charge in [-0.05, 0) is 18.2 Å². The number of benzene rings is 1. The van der Waals surface area contributed by atoms with Crippen molar-refractivity contribution in [3.05, 3.63) is 28.2 Å². The molecule has 0 radical (unpaired) electrons. The third-order valence-electron chi connectivity index (χ3n) is 5.71. The Labute approximate surface area is 169 Å². The summed E-state index contributed by atoms with van der Waals surface area (Å²) in [5, 5.41) is 5.93. The molecule has 4 rings (SSSR count). The minimum absolute atomic E-state index is 0.0908. The summed E-state index contributed by atoms with van der Waals surface area (Å²) in [7, 11) is 1.48. The molecule has 4 atom stereocenters. The van der Waals surface area contributed by atoms with Crippen LogP contribution in [0.1, 0.15) is 12.0 Å². The zero-order valence-corrected chi connectivity index (χ0v) is 16.6. The molecule has 0 aromatic heterocycles. The number of imide groups is 1. The first-order chi connectivity index (χ1) is 13.3. The fraction of sp³-hybridized carbons (Fsp3) is 0.444. The molecule has 9 nitrogen and oxygen atoms in total. The zero-order valence-electron chi connectivity index (χ0n) is 15.0. The van der Waals surface area contributed by atoms with Crippen molar-refractivity contribution in [2.75, 3.05) is 25.6 Å². The van der Waals surface area contributed by atoms with E-state index in [1.54, 1.807) is 18.2 Å². The first-order valence-corrected chi connectivity index (χ1v) is 9.62. The highest BCUT2D eigenvalue weighted by atomic mass is 79.9. The number of rotatable bonds is 5. The molecule has 0 unspecified atom stereocenters. The maximum Gasteiger partial charge on any atom is 0.250 e. The molecule has 10 heteroatoms. The van der Waals surface area contributed by atoms with E-state index in [9.17, 15) is 19.2 Å². The topological polar surface area (TPSA) is 131 Å². The van der Waals surface area contributed by atoms with Crippen molar-refractivity contribution >= 4 is 45.2 Å². The van der Waals surface area contributed by atoms with Gasteiger partial charge in [0.2, 0.25) is 23.6 Å². The molecule has 1 aromatic carbocycles. The van der Waals surface area contributed by atoms with E-state index in [0.29, 0.717) is 11.3 Å². The van der Waals surface area contributed by atoms with Crippen molar-refractivity contribution < 1.29 is 23.9 Å². The Balaban J connectivity index is 1.85. The number of hydrogen-bond donors (Lipinski definition) is 3. The number of anilines is 1. The average Bonchev–Trinajstić information content (AvgIpc) is 3.19. The molecular weight excluding hydrogens is 432 g/mol. The van der Waals surface area contributed by atoms with Gasteiger partial charge in [0, 0.05) is 35.3 Å². The van der Waals surface area contributed by atoms with Crippen LogP contribution >= 0.6 is 15.9 Å². The Kier molecular flexibility index (Phi) is 4.52. The highest BCUT2D eigenvalue weighted by Gasteiger charge is 2.70. The number of amides is 4. The lowest BCUT2D eigenvalue weighted by Gasteiger charge is -2.29. The van der Waals surface area contributed by atoms with Crippen LogP contribution in [0.25, 0.3) is 0 Å². The van der Waals surface area contributed by atoms with Crippen molar-refractivity contribution in [2.45, 2.75) is 18.0 Å². The number of primary amides is 1. The number of halogens is 1. The van der Waals surface area contributed by atoms with E-state index >= 15 is 0 Å². The Hall–Kier alpha value is -2.30. The Morgan fingerprint density at radius 2 is 2.07 bits per heavy atom. The van der Waals surface area contributed by atoms with Crippen LogP contribution in [0.4, 0.5) is 5.69 Å². The number of nitrogens with one attached hydrogen (secondary N) is 2. The predicted molar refractivity (Wildman–Crippen MR) is 101 cm³/mol. The highest BCUT2D eigenvalue weighted by molar-refractivity contribution is 9.10. The summed E-state index contributed by atoms with van der Waals surface area (Å²) in [4.78, 5) is 52.1. The number of fused-ring (bicyclic) bond motifs is 4. The molecule has 148 valence electrons. The van der Waals surface area contributed by atoms with Crippen LogP contribution in [-0.2, 0) is 29.5 Å². The maximum absolute atomic E-state index is 13.2. The normalized spacial score (nSPS) is 30.7. The van der Waals surface area contributed by atoms with Crippen molar-refractivity contribution in [2.24, 2.45) is 17.6 Å². The summed E-state index contributed by atoms with van der Waals surface area (Å²) in [5.41, 5.74) is 5.08. The zero-order chi connectivity index (χ0) is 20.2. The van der Waals surface area contributed by atoms with Crippen molar-refractivity contribution in [1.29, 1.82) is 0 Å². The predicted octanol–water partition coefficient (Wildman–Crippen LogP) is -0.309. The lowest BCUT2D eigenvalue weighted by molar-refractivity contribution is -0.143. The number of hydrogen-bond acceptors (Lipinski definition) is 6. The van der Waals surface area contributed by atoms with Crippen molar-refractivity contribution in [3.63, 3.8) is 0 Å². The Bertz CT molecular complexity index is 906. The van der Waals surface area contributed by atoms with Crippen LogP contribution in [0.5, 0.6) is 0 Å². The minimum atomic E-state index is -1.43. The second kappa shape index (κ2) is 6.64. The molecule has 3 aliphatic heterocycles. The maximum atomic E-state index is 13.2. The second-order valence-electron chi connectivity index (χ2n) is 7.20. The molecular formula is C18H19BrN4O5. The molecule has 1 spiro atoms. The van der Waals surface area contributed by atoms with Crippen molar-refractivity contribution in [3.8, 4) is 0 Å². The van der Waals surface area contributed by atoms with Crippen LogP contribution < -0.4 is 16.4 Å². The third kappa shape index (κ3) is 2.51. The number of nitrogens with zero attached hydrogens (tertiary/aromatic N) is 1. The van der Waals surface area contributed by atoms with Crippen LogP contribution in [0.3, 0.4) is 0 Å². The fourth-order valence-electron chi connectivity index (χ4n) is 4.63. The van der Waals surface area contributed by atoms with Gasteiger partial charge in [0.25, 0.3) is 0 Å². The molecule has 0 aliphatic carbocycles. The van der Waals surface area contributed by atoms with E-state index in [2.05, 4.69) is 26.6 Å². The van der Waals surface area contributed by atoms with Gasteiger partial charge < -0.3 is 15.8 Å². The highest BCUT2D eigenvalue weighted by Crippen LogP contribution is 2.53. The van der Waals surface area contributed by atoms with Gasteiger partial charge in [0.1, 0.15) is 5.54 Å². The van der Waals surface area contributed by atoms with E-state index in [-0.39, 0.29) is 19.6 Å². The summed E-state index contributed by atoms with van der Waals surface area (Å²) < 4.78 is 5.73. The lowest BCUT2D eigenvalue weighted by Crippen LogP contribution is -2.53. The molecule has 2 fully saturated rings. The number of ether oxygens (including phenoxy) is 1. The number of carbonyl (C=O) groups is 4. The first kappa shape index (κ1) is 19.0. The molecule has 0 bridgehead atoms. The van der Waals surface area contributed by atoms with E-state index < -0.39 is 47.0 Å². The van der Waals surface area contributed by atoms with Crippen LogP contribution in [-0.4, -0.2) is 54.8 Å². The van der Waals surface area contributed by atoms with Crippen LogP contribution in [0, 0.1) is 11.8 Å². The van der Waals surface area contributed by atoms with Gasteiger partial charge in [-0.2, -0.15) is 0 Å². The standard InChI is InChI=1S/C18H19BrN4O5/c1-28-5-4-23-15(25)13-11(7-12(20)24)22-18(14(13)16(23)26)9-6-8(19)2-3-10(9)21-17(18)27/h2-3,6,11,13-14,22H,4-5,7H2,1H3,(H2,20,24)(H,21,27)/t11-,13+,14+,18-/m0/s1. The molecule has 4 N–H and O–H groups in total. The quantitative estimate of drug-likeness (QED) is 0.527. The van der Waals surface area contributed by atoms with Gasteiger partial charge in [-0.1, -0.05) is 15.9 Å². The number of methoxy groups -OCH3 is 1. The molecule has 2 saturated heterocycles. The monoisotopic (exact) mass is 450 g/mol. The van der Waals surface area contributed by atoms with E-state index in [1.165, 1.54) is 7.11 Å². The van der Waals surface area contributed by atoms with Crippen LogP contribution in [0.15, 0.2) is 22.7 Å². The smallest absolute Gasteiger partial charge is 0.250 e. The van der Waals surface area contributed by atoms with Gasteiger partial charge in [0.15, 0.2) is 0 Å². The first-order valence-electron chi connectivity index (χ1n) is 8.83. The average molecular weight is 451 g/mol. The minimum Gasteiger partial charge on any atom is -0.383 e. The summed E-state index contributed by atoms with van der Waals surface area (Å²) in [6, 6.07) is 4.54. The Morgan fingerprint density at radius 1 is 1.32 bits per heavy atom. The van der Waals surface area contributed by atoms with Crippen molar-refractivity contribution in [1.82, 2.24) is 10.2 Å². The van der Waals surface area contributed by atoms with Gasteiger partial charge in [0.05, 0.1) is 25.0 Å². The molecule has 4 amide bonds. The van der Waals surface area contributed by atoms with Gasteiger partial charge >= 0.3 is 0 Å².